The van der Waals surface area contributed by atoms with E-state index in [1.807, 2.05) is 12.1 Å². The van der Waals surface area contributed by atoms with Crippen LogP contribution in [-0.2, 0) is 4.74 Å². The fraction of sp³-hybridized carbons (Fsp3) is 0.700. The molecule has 26 heavy (non-hydrogen) atoms. The van der Waals surface area contributed by atoms with Crippen molar-refractivity contribution in [3.05, 3.63) is 24.5 Å². The second-order valence-electron chi connectivity index (χ2n) is 6.55. The fourth-order valence-corrected chi connectivity index (χ4v) is 3.41. The number of aliphatic imine (C=N–C) groups is 1. The van der Waals surface area contributed by atoms with Gasteiger partial charge in [0, 0.05) is 25.9 Å². The van der Waals surface area contributed by atoms with Gasteiger partial charge in [-0.15, -0.1) is 0 Å². The fourth-order valence-electron chi connectivity index (χ4n) is 3.41. The SMILES string of the molecule is CCNC(=NCCC(OCC)C1CCCC1)NCCOc1cccnc1. The lowest BCUT2D eigenvalue weighted by atomic mass is 9.98. The molecule has 1 unspecified atom stereocenters. The molecule has 6 nitrogen and oxygen atoms in total. The summed E-state index contributed by atoms with van der Waals surface area (Å²) in [5.74, 6) is 2.34. The van der Waals surface area contributed by atoms with Gasteiger partial charge in [-0.25, -0.2) is 0 Å². The molecule has 6 heteroatoms. The number of ether oxygens (including phenoxy) is 2. The average Bonchev–Trinajstić information content (AvgIpc) is 3.20. The first-order valence-electron chi connectivity index (χ1n) is 10.00. The third kappa shape index (κ3) is 7.60. The van der Waals surface area contributed by atoms with E-state index < -0.39 is 0 Å². The Morgan fingerprint density at radius 2 is 2.15 bits per heavy atom. The van der Waals surface area contributed by atoms with E-state index in [0.717, 1.165) is 37.8 Å². The van der Waals surface area contributed by atoms with Crippen molar-refractivity contribution in [1.82, 2.24) is 15.6 Å². The van der Waals surface area contributed by atoms with Crippen LogP contribution in [0.15, 0.2) is 29.5 Å². The van der Waals surface area contributed by atoms with Crippen LogP contribution in [0.1, 0.15) is 46.0 Å². The zero-order valence-corrected chi connectivity index (χ0v) is 16.2. The van der Waals surface area contributed by atoms with E-state index >= 15 is 0 Å². The Morgan fingerprint density at radius 3 is 2.85 bits per heavy atom. The minimum Gasteiger partial charge on any atom is -0.490 e. The van der Waals surface area contributed by atoms with Crippen LogP contribution in [-0.4, -0.2) is 49.9 Å². The molecule has 1 fully saturated rings. The highest BCUT2D eigenvalue weighted by Gasteiger charge is 2.24. The molecule has 0 aromatic carbocycles. The monoisotopic (exact) mass is 362 g/mol. The van der Waals surface area contributed by atoms with Gasteiger partial charge in [-0.3, -0.25) is 9.98 Å². The summed E-state index contributed by atoms with van der Waals surface area (Å²) in [7, 11) is 0. The summed E-state index contributed by atoms with van der Waals surface area (Å²) in [6, 6.07) is 3.77. The molecule has 0 aliphatic heterocycles. The maximum Gasteiger partial charge on any atom is 0.191 e. The summed E-state index contributed by atoms with van der Waals surface area (Å²) in [5.41, 5.74) is 0. The van der Waals surface area contributed by atoms with Gasteiger partial charge in [-0.1, -0.05) is 12.8 Å². The molecule has 2 rings (SSSR count). The second-order valence-corrected chi connectivity index (χ2v) is 6.55. The molecular formula is C20H34N4O2. The topological polar surface area (TPSA) is 67.8 Å². The highest BCUT2D eigenvalue weighted by Crippen LogP contribution is 2.30. The van der Waals surface area contributed by atoms with E-state index in [0.29, 0.717) is 25.2 Å². The van der Waals surface area contributed by atoms with Gasteiger partial charge < -0.3 is 20.1 Å². The van der Waals surface area contributed by atoms with Crippen molar-refractivity contribution < 1.29 is 9.47 Å². The van der Waals surface area contributed by atoms with Crippen molar-refractivity contribution in [2.75, 3.05) is 32.8 Å². The Kier molecular flexibility index (Phi) is 9.87. The van der Waals surface area contributed by atoms with Crippen molar-refractivity contribution in [2.45, 2.75) is 52.1 Å². The lowest BCUT2D eigenvalue weighted by molar-refractivity contribution is 0.0177. The molecule has 1 aromatic heterocycles. The molecular weight excluding hydrogens is 328 g/mol. The van der Waals surface area contributed by atoms with Gasteiger partial charge in [0.1, 0.15) is 12.4 Å². The highest BCUT2D eigenvalue weighted by molar-refractivity contribution is 5.79. The summed E-state index contributed by atoms with van der Waals surface area (Å²) in [5, 5.41) is 6.61. The van der Waals surface area contributed by atoms with Gasteiger partial charge in [-0.2, -0.15) is 0 Å². The van der Waals surface area contributed by atoms with Gasteiger partial charge in [0.05, 0.1) is 18.8 Å². The van der Waals surface area contributed by atoms with Crippen LogP contribution in [0.4, 0.5) is 0 Å². The van der Waals surface area contributed by atoms with Gasteiger partial charge in [0.25, 0.3) is 0 Å². The molecule has 0 saturated heterocycles. The Labute approximate surface area is 157 Å². The zero-order valence-electron chi connectivity index (χ0n) is 16.2. The maximum absolute atomic E-state index is 5.98. The number of hydrogen-bond donors (Lipinski definition) is 2. The Balaban J connectivity index is 1.72. The minimum absolute atomic E-state index is 0.350. The first-order valence-corrected chi connectivity index (χ1v) is 10.00. The summed E-state index contributed by atoms with van der Waals surface area (Å²) in [6.07, 6.45) is 10.1. The van der Waals surface area contributed by atoms with E-state index in [4.69, 9.17) is 14.5 Å². The van der Waals surface area contributed by atoms with Crippen molar-refractivity contribution in [3.63, 3.8) is 0 Å². The van der Waals surface area contributed by atoms with Crippen LogP contribution >= 0.6 is 0 Å². The Bertz CT molecular complexity index is 504. The lowest BCUT2D eigenvalue weighted by Gasteiger charge is -2.22. The normalized spacial score (nSPS) is 16.5. The van der Waals surface area contributed by atoms with Gasteiger partial charge >= 0.3 is 0 Å². The van der Waals surface area contributed by atoms with E-state index in [1.165, 1.54) is 25.7 Å². The summed E-state index contributed by atoms with van der Waals surface area (Å²) < 4.78 is 11.6. The van der Waals surface area contributed by atoms with E-state index in [9.17, 15) is 0 Å². The first kappa shape index (κ1) is 20.5. The molecule has 2 N–H and O–H groups in total. The predicted octanol–water partition coefficient (Wildman–Crippen LogP) is 3.00. The van der Waals surface area contributed by atoms with Crippen LogP contribution < -0.4 is 15.4 Å². The largest absolute Gasteiger partial charge is 0.490 e. The average molecular weight is 363 g/mol. The van der Waals surface area contributed by atoms with Gasteiger partial charge in [-0.05, 0) is 51.2 Å². The minimum atomic E-state index is 0.350. The van der Waals surface area contributed by atoms with Crippen LogP contribution in [0.2, 0.25) is 0 Å². The summed E-state index contributed by atoms with van der Waals surface area (Å²) in [4.78, 5) is 8.74. The van der Waals surface area contributed by atoms with Crippen molar-refractivity contribution in [1.29, 1.82) is 0 Å². The number of aromatic nitrogens is 1. The molecule has 1 aliphatic carbocycles. The molecule has 1 atom stereocenters. The van der Waals surface area contributed by atoms with Crippen LogP contribution in [0.5, 0.6) is 5.75 Å². The summed E-state index contributed by atoms with van der Waals surface area (Å²) in [6.45, 7) is 7.82. The van der Waals surface area contributed by atoms with E-state index in [1.54, 1.807) is 12.4 Å². The van der Waals surface area contributed by atoms with Crippen molar-refractivity contribution >= 4 is 5.96 Å². The molecule has 1 aliphatic rings. The van der Waals surface area contributed by atoms with E-state index in [2.05, 4.69) is 29.5 Å². The smallest absolute Gasteiger partial charge is 0.191 e. The lowest BCUT2D eigenvalue weighted by Crippen LogP contribution is -2.39. The number of nitrogens with one attached hydrogen (secondary N) is 2. The molecule has 1 aromatic rings. The molecule has 0 radical (unpaired) electrons. The van der Waals surface area contributed by atoms with E-state index in [-0.39, 0.29) is 0 Å². The van der Waals surface area contributed by atoms with Crippen molar-refractivity contribution in [3.8, 4) is 5.75 Å². The van der Waals surface area contributed by atoms with Crippen molar-refractivity contribution in [2.24, 2.45) is 10.9 Å². The second kappa shape index (κ2) is 12.5. The first-order chi connectivity index (χ1) is 12.8. The molecule has 1 saturated carbocycles. The summed E-state index contributed by atoms with van der Waals surface area (Å²) >= 11 is 0. The number of nitrogens with zero attached hydrogens (tertiary/aromatic N) is 2. The number of rotatable bonds is 11. The standard InChI is InChI=1S/C20H34N4O2/c1-3-22-20(24-14-15-26-18-10-7-12-21-16-18)23-13-11-19(25-4-2)17-8-5-6-9-17/h7,10,12,16-17,19H,3-6,8-9,11,13-15H2,1-2H3,(H2,22,23,24). The predicted molar refractivity (Wildman–Crippen MR) is 106 cm³/mol. The third-order valence-corrected chi connectivity index (χ3v) is 4.63. The maximum atomic E-state index is 5.98. The Morgan fingerprint density at radius 1 is 1.31 bits per heavy atom. The number of pyridine rings is 1. The molecule has 0 amide bonds. The quantitative estimate of drug-likeness (QED) is 0.360. The third-order valence-electron chi connectivity index (χ3n) is 4.63. The number of guanidine groups is 1. The molecule has 1 heterocycles. The Hall–Kier alpha value is -1.82. The highest BCUT2D eigenvalue weighted by atomic mass is 16.5. The molecule has 146 valence electrons. The molecule has 0 spiro atoms. The van der Waals surface area contributed by atoms with Gasteiger partial charge in [0.2, 0.25) is 0 Å². The van der Waals surface area contributed by atoms with Crippen LogP contribution in [0, 0.1) is 5.92 Å². The van der Waals surface area contributed by atoms with Crippen LogP contribution in [0.3, 0.4) is 0 Å². The van der Waals surface area contributed by atoms with Crippen LogP contribution in [0.25, 0.3) is 0 Å². The number of hydrogen-bond acceptors (Lipinski definition) is 4. The zero-order chi connectivity index (χ0) is 18.5. The van der Waals surface area contributed by atoms with Gasteiger partial charge in [0.15, 0.2) is 5.96 Å². The molecule has 0 bridgehead atoms.